The third-order valence-corrected chi connectivity index (χ3v) is 2.09. The van der Waals surface area contributed by atoms with Crippen molar-refractivity contribution in [2.24, 2.45) is 0 Å². The number of hydrogen-bond acceptors (Lipinski definition) is 3. The molecule has 0 fully saturated rings. The lowest BCUT2D eigenvalue weighted by atomic mass is 10.1. The van der Waals surface area contributed by atoms with E-state index in [2.05, 4.69) is 4.98 Å². The summed E-state index contributed by atoms with van der Waals surface area (Å²) in [7, 11) is 1.34. The maximum absolute atomic E-state index is 12.6. The van der Waals surface area contributed by atoms with Crippen molar-refractivity contribution >= 4 is 11.6 Å². The van der Waals surface area contributed by atoms with Gasteiger partial charge in [0, 0.05) is 11.9 Å². The number of alkyl halides is 3. The minimum atomic E-state index is -2.77. The second-order valence-electron chi connectivity index (χ2n) is 2.63. The van der Waals surface area contributed by atoms with Crippen LogP contribution in [0.25, 0.3) is 0 Å². The van der Waals surface area contributed by atoms with Crippen LogP contribution in [0.3, 0.4) is 0 Å². The fourth-order valence-electron chi connectivity index (χ4n) is 1.13. The van der Waals surface area contributed by atoms with Crippen LogP contribution < -0.4 is 4.74 Å². The molecule has 0 spiro atoms. The molecule has 0 aliphatic carbocycles. The number of rotatable bonds is 3. The summed E-state index contributed by atoms with van der Waals surface area (Å²) >= 11 is 5.51. The Hall–Kier alpha value is -1.41. The van der Waals surface area contributed by atoms with Crippen LogP contribution in [0, 0.1) is 11.3 Å². The third kappa shape index (κ3) is 2.34. The van der Waals surface area contributed by atoms with Gasteiger partial charge in [0.25, 0.3) is 6.43 Å². The minimum absolute atomic E-state index is 0.103. The Labute approximate surface area is 90.3 Å². The standard InChI is InChI=1S/C9H7ClF2N2O/c1-15-7-2-5(3-10)8(9(11)12)6(4-13)14-7/h2,9H,3H2,1H3. The lowest BCUT2D eigenvalue weighted by Crippen LogP contribution is -2.02. The molecule has 0 unspecified atom stereocenters. The number of hydrogen-bond donors (Lipinski definition) is 0. The summed E-state index contributed by atoms with van der Waals surface area (Å²) in [5.74, 6) is -0.0145. The normalized spacial score (nSPS) is 10.1. The molecule has 1 aromatic rings. The smallest absolute Gasteiger partial charge is 0.266 e. The summed E-state index contributed by atoms with van der Waals surface area (Å²) in [4.78, 5) is 3.62. The van der Waals surface area contributed by atoms with E-state index in [1.165, 1.54) is 13.2 Å². The van der Waals surface area contributed by atoms with E-state index >= 15 is 0 Å². The molecule has 0 saturated carbocycles. The number of aromatic nitrogens is 1. The lowest BCUT2D eigenvalue weighted by molar-refractivity contribution is 0.149. The summed E-state index contributed by atoms with van der Waals surface area (Å²) in [6.45, 7) is 0. The van der Waals surface area contributed by atoms with E-state index in [0.717, 1.165) is 0 Å². The molecular formula is C9H7ClF2N2O. The van der Waals surface area contributed by atoms with Crippen molar-refractivity contribution in [1.82, 2.24) is 4.98 Å². The van der Waals surface area contributed by atoms with E-state index in [1.54, 1.807) is 6.07 Å². The van der Waals surface area contributed by atoms with Gasteiger partial charge in [-0.1, -0.05) is 0 Å². The van der Waals surface area contributed by atoms with Crippen LogP contribution in [0.4, 0.5) is 8.78 Å². The average Bonchev–Trinajstić information content (AvgIpc) is 2.26. The van der Waals surface area contributed by atoms with Crippen LogP contribution in [0.5, 0.6) is 5.88 Å². The fraction of sp³-hybridized carbons (Fsp3) is 0.333. The molecule has 15 heavy (non-hydrogen) atoms. The van der Waals surface area contributed by atoms with Gasteiger partial charge in [-0.3, -0.25) is 0 Å². The summed E-state index contributed by atoms with van der Waals surface area (Å²) in [5.41, 5.74) is -0.608. The zero-order valence-electron chi connectivity index (χ0n) is 7.80. The van der Waals surface area contributed by atoms with Crippen molar-refractivity contribution in [3.8, 4) is 11.9 Å². The molecule has 0 amide bonds. The second kappa shape index (κ2) is 4.89. The molecule has 80 valence electrons. The number of nitrogens with zero attached hydrogens (tertiary/aromatic N) is 2. The highest BCUT2D eigenvalue weighted by Gasteiger charge is 2.20. The first kappa shape index (κ1) is 11.7. The third-order valence-electron chi connectivity index (χ3n) is 1.80. The van der Waals surface area contributed by atoms with Gasteiger partial charge in [0.2, 0.25) is 5.88 Å². The van der Waals surface area contributed by atoms with Gasteiger partial charge in [-0.25, -0.2) is 13.8 Å². The SMILES string of the molecule is COc1cc(CCl)c(C(F)F)c(C#N)n1. The lowest BCUT2D eigenvalue weighted by Gasteiger charge is -2.09. The molecular weight excluding hydrogens is 226 g/mol. The number of methoxy groups -OCH3 is 1. The van der Waals surface area contributed by atoms with Crippen molar-refractivity contribution in [3.05, 3.63) is 22.9 Å². The Balaban J connectivity index is 3.41. The van der Waals surface area contributed by atoms with Gasteiger partial charge >= 0.3 is 0 Å². The van der Waals surface area contributed by atoms with Crippen LogP contribution in [-0.4, -0.2) is 12.1 Å². The van der Waals surface area contributed by atoms with Gasteiger partial charge in [0.05, 0.1) is 12.7 Å². The summed E-state index contributed by atoms with van der Waals surface area (Å²) in [6.07, 6.45) is -2.77. The Morgan fingerprint density at radius 1 is 1.67 bits per heavy atom. The highest BCUT2D eigenvalue weighted by Crippen LogP contribution is 2.29. The van der Waals surface area contributed by atoms with Gasteiger partial charge in [0.15, 0.2) is 5.69 Å². The molecule has 0 aliphatic heterocycles. The Kier molecular flexibility index (Phi) is 3.81. The predicted molar refractivity (Wildman–Crippen MR) is 50.0 cm³/mol. The number of nitriles is 1. The molecule has 0 aromatic carbocycles. The highest BCUT2D eigenvalue weighted by molar-refractivity contribution is 6.17. The van der Waals surface area contributed by atoms with E-state index in [4.69, 9.17) is 21.6 Å². The van der Waals surface area contributed by atoms with Gasteiger partial charge in [-0.05, 0) is 5.56 Å². The number of ether oxygens (including phenoxy) is 1. The molecule has 0 N–H and O–H groups in total. The summed E-state index contributed by atoms with van der Waals surface area (Å²) < 4.78 is 30.0. The molecule has 0 aliphatic rings. The molecule has 0 saturated heterocycles. The van der Waals surface area contributed by atoms with Crippen LogP contribution in [0.2, 0.25) is 0 Å². The van der Waals surface area contributed by atoms with E-state index in [-0.39, 0.29) is 23.0 Å². The first-order valence-corrected chi connectivity index (χ1v) is 4.49. The van der Waals surface area contributed by atoms with E-state index in [1.807, 2.05) is 0 Å². The van der Waals surface area contributed by atoms with Crippen LogP contribution >= 0.6 is 11.6 Å². The molecule has 1 aromatic heterocycles. The monoisotopic (exact) mass is 232 g/mol. The zero-order valence-corrected chi connectivity index (χ0v) is 8.55. The van der Waals surface area contributed by atoms with Crippen molar-refractivity contribution in [2.45, 2.75) is 12.3 Å². The van der Waals surface area contributed by atoms with Crippen molar-refractivity contribution < 1.29 is 13.5 Å². The number of halogens is 3. The second-order valence-corrected chi connectivity index (χ2v) is 2.90. The maximum atomic E-state index is 12.6. The Morgan fingerprint density at radius 2 is 2.33 bits per heavy atom. The first-order chi connectivity index (χ1) is 7.13. The molecule has 0 bridgehead atoms. The van der Waals surface area contributed by atoms with Gasteiger partial charge in [0.1, 0.15) is 6.07 Å². The Morgan fingerprint density at radius 3 is 2.73 bits per heavy atom. The van der Waals surface area contributed by atoms with Crippen LogP contribution in [0.1, 0.15) is 23.2 Å². The maximum Gasteiger partial charge on any atom is 0.266 e. The largest absolute Gasteiger partial charge is 0.481 e. The Bertz CT molecular complexity index is 404. The van der Waals surface area contributed by atoms with Gasteiger partial charge < -0.3 is 4.74 Å². The quantitative estimate of drug-likeness (QED) is 0.753. The van der Waals surface area contributed by atoms with Crippen molar-refractivity contribution in [1.29, 1.82) is 5.26 Å². The van der Waals surface area contributed by atoms with E-state index < -0.39 is 12.0 Å². The summed E-state index contributed by atoms with van der Waals surface area (Å²) in [5, 5.41) is 8.66. The van der Waals surface area contributed by atoms with E-state index in [9.17, 15) is 8.78 Å². The van der Waals surface area contributed by atoms with Gasteiger partial charge in [-0.2, -0.15) is 5.26 Å². The molecule has 1 heterocycles. The predicted octanol–water partition coefficient (Wildman–Crippen LogP) is 2.64. The highest BCUT2D eigenvalue weighted by atomic mass is 35.5. The molecule has 1 rings (SSSR count). The topological polar surface area (TPSA) is 45.9 Å². The fourth-order valence-corrected chi connectivity index (χ4v) is 1.35. The molecule has 0 atom stereocenters. The van der Waals surface area contributed by atoms with Crippen LogP contribution in [0.15, 0.2) is 6.07 Å². The van der Waals surface area contributed by atoms with Gasteiger partial charge in [-0.15, -0.1) is 11.6 Å². The minimum Gasteiger partial charge on any atom is -0.481 e. The summed E-state index contributed by atoms with van der Waals surface area (Å²) in [6, 6.07) is 2.90. The zero-order chi connectivity index (χ0) is 11.4. The van der Waals surface area contributed by atoms with E-state index in [0.29, 0.717) is 0 Å². The first-order valence-electron chi connectivity index (χ1n) is 3.96. The average molecular weight is 233 g/mol. The molecule has 6 heteroatoms. The van der Waals surface area contributed by atoms with Crippen molar-refractivity contribution in [3.63, 3.8) is 0 Å². The van der Waals surface area contributed by atoms with Crippen LogP contribution in [-0.2, 0) is 5.88 Å². The molecule has 0 radical (unpaired) electrons. The van der Waals surface area contributed by atoms with Crippen molar-refractivity contribution in [2.75, 3.05) is 7.11 Å². The molecule has 3 nitrogen and oxygen atoms in total. The number of pyridine rings is 1.